The van der Waals surface area contributed by atoms with E-state index in [0.717, 1.165) is 6.42 Å². The van der Waals surface area contributed by atoms with Crippen LogP contribution in [-0.4, -0.2) is 103 Å². The molecule has 310 valence electrons. The van der Waals surface area contributed by atoms with Crippen molar-refractivity contribution in [2.75, 3.05) is 13.2 Å². The minimum Gasteiger partial charge on any atom is -0.463 e. The molecule has 11 atom stereocenters. The average Bonchev–Trinajstić information content (AvgIpc) is 3.66. The Morgan fingerprint density at radius 3 is 2.11 bits per heavy atom. The zero-order valence-electron chi connectivity index (χ0n) is 34.0. The highest BCUT2D eigenvalue weighted by atomic mass is 16.8. The first kappa shape index (κ1) is 41.8. The van der Waals surface area contributed by atoms with E-state index in [-0.39, 0.29) is 24.5 Å². The van der Waals surface area contributed by atoms with E-state index in [2.05, 4.69) is 0 Å². The van der Waals surface area contributed by atoms with Gasteiger partial charge in [-0.2, -0.15) is 0 Å². The topological polar surface area (TPSA) is 178 Å². The van der Waals surface area contributed by atoms with Gasteiger partial charge in [0.15, 0.2) is 30.4 Å². The number of fused-ring (bicyclic) bond motifs is 6. The van der Waals surface area contributed by atoms with Gasteiger partial charge in [0.1, 0.15) is 11.7 Å². The highest BCUT2D eigenvalue weighted by Crippen LogP contribution is 2.66. The third-order valence-corrected chi connectivity index (χ3v) is 12.6. The Kier molecular flexibility index (Phi) is 11.3. The third-order valence-electron chi connectivity index (χ3n) is 12.6. The van der Waals surface area contributed by atoms with E-state index in [1.807, 2.05) is 55.4 Å². The largest absolute Gasteiger partial charge is 0.463 e. The Morgan fingerprint density at radius 2 is 1.47 bits per heavy atom. The maximum absolute atomic E-state index is 13.6. The van der Waals surface area contributed by atoms with E-state index < -0.39 is 94.2 Å². The van der Waals surface area contributed by atoms with Crippen molar-refractivity contribution in [1.82, 2.24) is 0 Å². The summed E-state index contributed by atoms with van der Waals surface area (Å²) in [6.07, 6.45) is 0.0706. The number of esters is 5. The van der Waals surface area contributed by atoms with E-state index in [9.17, 15) is 24.0 Å². The molecule has 4 aliphatic heterocycles. The summed E-state index contributed by atoms with van der Waals surface area (Å²) in [5, 5.41) is 0. The molecule has 4 saturated heterocycles. The van der Waals surface area contributed by atoms with Crippen molar-refractivity contribution in [2.45, 2.75) is 187 Å². The number of ether oxygens (including phenoxy) is 10. The number of carbonyl (C=O) groups excluding carboxylic acids is 5. The van der Waals surface area contributed by atoms with Gasteiger partial charge in [-0.1, -0.05) is 13.8 Å². The van der Waals surface area contributed by atoms with E-state index >= 15 is 0 Å². The van der Waals surface area contributed by atoms with Gasteiger partial charge in [0, 0.05) is 25.9 Å². The van der Waals surface area contributed by atoms with Gasteiger partial charge in [0.25, 0.3) is 0 Å². The summed E-state index contributed by atoms with van der Waals surface area (Å²) in [6, 6.07) is 0. The van der Waals surface area contributed by atoms with Crippen molar-refractivity contribution in [3.8, 4) is 0 Å². The van der Waals surface area contributed by atoms with E-state index in [1.165, 1.54) is 0 Å². The molecule has 0 aromatic rings. The van der Waals surface area contributed by atoms with Gasteiger partial charge in [-0.3, -0.25) is 14.4 Å². The first-order valence-electron chi connectivity index (χ1n) is 19.9. The fourth-order valence-electron chi connectivity index (χ4n) is 9.45. The van der Waals surface area contributed by atoms with Crippen LogP contribution in [0.1, 0.15) is 127 Å². The van der Waals surface area contributed by atoms with E-state index in [0.29, 0.717) is 58.0 Å². The maximum Gasteiger partial charge on any atom is 0.347 e. The Balaban J connectivity index is 0.000000203. The quantitative estimate of drug-likeness (QED) is 0.149. The minimum absolute atomic E-state index is 0.163. The van der Waals surface area contributed by atoms with Crippen LogP contribution in [0.4, 0.5) is 0 Å². The van der Waals surface area contributed by atoms with Gasteiger partial charge < -0.3 is 47.4 Å². The van der Waals surface area contributed by atoms with Crippen LogP contribution in [0.2, 0.25) is 0 Å². The third kappa shape index (κ3) is 8.15. The van der Waals surface area contributed by atoms with E-state index in [4.69, 9.17) is 47.4 Å². The number of rotatable bonds is 12. The molecule has 4 aliphatic carbocycles. The Labute approximate surface area is 323 Å². The van der Waals surface area contributed by atoms with Crippen LogP contribution >= 0.6 is 0 Å². The van der Waals surface area contributed by atoms with Crippen molar-refractivity contribution >= 4 is 29.8 Å². The Morgan fingerprint density at radius 1 is 0.836 bits per heavy atom. The first-order valence-corrected chi connectivity index (χ1v) is 19.9. The second kappa shape index (κ2) is 14.8. The van der Waals surface area contributed by atoms with Crippen LogP contribution in [0.5, 0.6) is 0 Å². The fourth-order valence-corrected chi connectivity index (χ4v) is 9.45. The summed E-state index contributed by atoms with van der Waals surface area (Å²) in [6.45, 7) is 19.3. The van der Waals surface area contributed by atoms with Gasteiger partial charge >= 0.3 is 29.8 Å². The lowest BCUT2D eigenvalue weighted by atomic mass is 9.46. The summed E-state index contributed by atoms with van der Waals surface area (Å²) in [5.74, 6) is -2.73. The molecule has 15 nitrogen and oxygen atoms in total. The molecule has 0 spiro atoms. The van der Waals surface area contributed by atoms with Gasteiger partial charge in [-0.05, 0) is 99.8 Å². The lowest BCUT2D eigenvalue weighted by Crippen LogP contribution is -2.68. The molecule has 0 aromatic heterocycles. The normalized spacial score (nSPS) is 38.6. The number of cyclic esters (lactones) is 1. The first-order chi connectivity index (χ1) is 25.6. The predicted molar refractivity (Wildman–Crippen MR) is 189 cm³/mol. The van der Waals surface area contributed by atoms with Gasteiger partial charge in [-0.15, -0.1) is 0 Å². The summed E-state index contributed by atoms with van der Waals surface area (Å²) in [7, 11) is 0. The Hall–Kier alpha value is -2.85. The lowest BCUT2D eigenvalue weighted by Gasteiger charge is -2.64. The summed E-state index contributed by atoms with van der Waals surface area (Å²) in [5.41, 5.74) is -3.52. The highest BCUT2D eigenvalue weighted by Gasteiger charge is 2.69. The van der Waals surface area contributed by atoms with Crippen LogP contribution < -0.4 is 0 Å². The van der Waals surface area contributed by atoms with Crippen molar-refractivity contribution in [3.63, 3.8) is 0 Å². The molecule has 15 heteroatoms. The van der Waals surface area contributed by atoms with Crippen molar-refractivity contribution in [1.29, 1.82) is 0 Å². The molecule has 8 rings (SSSR count). The standard InChI is InChI=1S/C25H38O8.C15H22O7/c1-6-22(4,5)20(27)33-25-12-17-10-23(14-25,21(28)31-18-8-9-30-19(18)26)13-24(11-17,15-25)32-16(3)29-7-2;1-6-14(2,3)13(17)19-7-8-9-11(16)20-12(18-9)10(7)22-15(4,5)21-8/h16-18H,6-15H2,1-5H3;7-10,12H,6H2,1-5H3. The van der Waals surface area contributed by atoms with Crippen LogP contribution in [0, 0.1) is 22.2 Å². The maximum atomic E-state index is 13.6. The molecule has 8 fully saturated rings. The summed E-state index contributed by atoms with van der Waals surface area (Å²) >= 11 is 0. The van der Waals surface area contributed by atoms with Crippen LogP contribution in [0.15, 0.2) is 0 Å². The fraction of sp³-hybridized carbons (Fsp3) is 0.875. The number of hydrogen-bond donors (Lipinski definition) is 0. The second-order valence-corrected chi connectivity index (χ2v) is 18.3. The molecule has 4 heterocycles. The monoisotopic (exact) mass is 780 g/mol. The van der Waals surface area contributed by atoms with Crippen molar-refractivity contribution in [2.24, 2.45) is 22.2 Å². The Bertz CT molecular complexity index is 1520. The highest BCUT2D eigenvalue weighted by molar-refractivity contribution is 5.84. The van der Waals surface area contributed by atoms with Gasteiger partial charge in [-0.25, -0.2) is 9.59 Å². The zero-order valence-corrected chi connectivity index (χ0v) is 34.0. The lowest BCUT2D eigenvalue weighted by molar-refractivity contribution is -0.391. The second-order valence-electron chi connectivity index (χ2n) is 18.3. The van der Waals surface area contributed by atoms with Crippen molar-refractivity contribution in [3.05, 3.63) is 0 Å². The number of hydrogen-bond acceptors (Lipinski definition) is 15. The molecule has 0 aromatic carbocycles. The molecule has 11 unspecified atom stereocenters. The SMILES string of the molecule is CCC(C)(C)C(=O)OC1C2OC(C)(C)OC1C1OC2OC1=O.CCOC(C)OC12CC3CC(OC(=O)C(C)(C)CC)(C1)CC(C(=O)OC1CCOC1=O)(C3)C2. The summed E-state index contributed by atoms with van der Waals surface area (Å²) < 4.78 is 56.9. The molecule has 0 amide bonds. The van der Waals surface area contributed by atoms with Crippen molar-refractivity contribution < 1.29 is 71.3 Å². The molecule has 4 saturated carbocycles. The van der Waals surface area contributed by atoms with Crippen LogP contribution in [0.3, 0.4) is 0 Å². The molecule has 8 bridgehead atoms. The zero-order chi connectivity index (χ0) is 40.4. The minimum atomic E-state index is -0.896. The number of carbonyl (C=O) groups is 5. The van der Waals surface area contributed by atoms with Gasteiger partial charge in [0.2, 0.25) is 12.4 Å². The van der Waals surface area contributed by atoms with Crippen LogP contribution in [-0.2, 0) is 71.3 Å². The average molecular weight is 781 g/mol. The molecular weight excluding hydrogens is 720 g/mol. The van der Waals surface area contributed by atoms with Gasteiger partial charge in [0.05, 0.1) is 28.5 Å². The summed E-state index contributed by atoms with van der Waals surface area (Å²) in [4.78, 5) is 62.9. The molecule has 55 heavy (non-hydrogen) atoms. The molecular formula is C40H60O15. The van der Waals surface area contributed by atoms with Crippen LogP contribution in [0.25, 0.3) is 0 Å². The molecule has 0 radical (unpaired) electrons. The van der Waals surface area contributed by atoms with E-state index in [1.54, 1.807) is 13.8 Å². The molecule has 8 aliphatic rings. The molecule has 0 N–H and O–H groups in total. The predicted octanol–water partition coefficient (Wildman–Crippen LogP) is 4.82. The smallest absolute Gasteiger partial charge is 0.347 e.